The third-order valence-corrected chi connectivity index (χ3v) is 4.77. The van der Waals surface area contributed by atoms with Gasteiger partial charge < -0.3 is 5.32 Å². The number of nitrogens with zero attached hydrogens (tertiary/aromatic N) is 1. The molecule has 102 valence electrons. The normalized spacial score (nSPS) is 16.0. The number of anilines is 1. The van der Waals surface area contributed by atoms with Gasteiger partial charge in [0.05, 0.1) is 5.69 Å². The molecular weight excluding hydrogens is 296 g/mol. The molecule has 3 rings (SSSR count). The summed E-state index contributed by atoms with van der Waals surface area (Å²) < 4.78 is 28.3. The van der Waals surface area contributed by atoms with Crippen LogP contribution in [-0.2, 0) is 10.0 Å². The van der Waals surface area contributed by atoms with Crippen LogP contribution < -0.4 is 5.32 Å². The lowest BCUT2D eigenvalue weighted by Gasteiger charge is -2.19. The van der Waals surface area contributed by atoms with E-state index in [1.54, 1.807) is 25.1 Å². The summed E-state index contributed by atoms with van der Waals surface area (Å²) in [6.45, 7) is 1.76. The van der Waals surface area contributed by atoms with Crippen molar-refractivity contribution in [3.05, 3.63) is 58.6 Å². The molecule has 2 aromatic carbocycles. The van der Waals surface area contributed by atoms with Crippen molar-refractivity contribution in [1.82, 2.24) is 0 Å². The molecule has 0 saturated heterocycles. The summed E-state index contributed by atoms with van der Waals surface area (Å²) in [6, 6.07) is 12.2. The Morgan fingerprint density at radius 1 is 1.15 bits per heavy atom. The van der Waals surface area contributed by atoms with Crippen LogP contribution in [-0.4, -0.2) is 14.3 Å². The van der Waals surface area contributed by atoms with Crippen molar-refractivity contribution in [1.29, 1.82) is 0 Å². The summed E-state index contributed by atoms with van der Waals surface area (Å²) in [5, 5.41) is 3.54. The Balaban J connectivity index is 2.18. The van der Waals surface area contributed by atoms with Crippen LogP contribution in [0.15, 0.2) is 51.8 Å². The molecule has 0 fully saturated rings. The molecule has 0 aromatic heterocycles. The smallest absolute Gasteiger partial charge is 0.286 e. The second kappa shape index (κ2) is 4.61. The fourth-order valence-corrected chi connectivity index (χ4v) is 3.37. The zero-order valence-corrected chi connectivity index (χ0v) is 12.2. The molecule has 0 saturated carbocycles. The molecule has 1 aliphatic rings. The molecule has 4 nitrogen and oxygen atoms in total. The van der Waals surface area contributed by atoms with Gasteiger partial charge in [0.2, 0.25) is 0 Å². The van der Waals surface area contributed by atoms with Crippen LogP contribution in [0.3, 0.4) is 0 Å². The topological polar surface area (TPSA) is 58.5 Å². The molecule has 0 spiro atoms. The van der Waals surface area contributed by atoms with Gasteiger partial charge in [-0.1, -0.05) is 41.9 Å². The van der Waals surface area contributed by atoms with E-state index in [0.717, 1.165) is 0 Å². The Kier molecular flexibility index (Phi) is 3.03. The molecule has 1 N–H and O–H groups in total. The van der Waals surface area contributed by atoms with Crippen molar-refractivity contribution in [2.24, 2.45) is 4.40 Å². The van der Waals surface area contributed by atoms with Gasteiger partial charge in [0, 0.05) is 10.6 Å². The lowest BCUT2D eigenvalue weighted by Crippen LogP contribution is -2.22. The minimum absolute atomic E-state index is 0.152. The first-order valence-electron chi connectivity index (χ1n) is 5.95. The van der Waals surface area contributed by atoms with Crippen LogP contribution in [0.2, 0.25) is 5.02 Å². The van der Waals surface area contributed by atoms with Crippen LogP contribution >= 0.6 is 11.6 Å². The van der Waals surface area contributed by atoms with Gasteiger partial charge in [-0.2, -0.15) is 8.42 Å². The van der Waals surface area contributed by atoms with Crippen molar-refractivity contribution >= 4 is 33.1 Å². The summed E-state index contributed by atoms with van der Waals surface area (Å²) in [5.74, 6) is 0.304. The summed E-state index contributed by atoms with van der Waals surface area (Å²) in [5.41, 5.74) is 1.86. The molecule has 2 aromatic rings. The maximum absolute atomic E-state index is 12.2. The van der Waals surface area contributed by atoms with Gasteiger partial charge in [-0.25, -0.2) is 0 Å². The van der Waals surface area contributed by atoms with E-state index in [-0.39, 0.29) is 4.90 Å². The number of amidine groups is 1. The van der Waals surface area contributed by atoms with E-state index >= 15 is 0 Å². The second-order valence-electron chi connectivity index (χ2n) is 4.50. The van der Waals surface area contributed by atoms with Crippen LogP contribution in [0.1, 0.15) is 11.1 Å². The third-order valence-electron chi connectivity index (χ3n) is 3.05. The second-order valence-corrected chi connectivity index (χ2v) is 6.48. The van der Waals surface area contributed by atoms with Crippen LogP contribution in [0, 0.1) is 6.92 Å². The van der Waals surface area contributed by atoms with Crippen molar-refractivity contribution in [3.8, 4) is 0 Å². The van der Waals surface area contributed by atoms with Crippen LogP contribution in [0.25, 0.3) is 0 Å². The van der Waals surface area contributed by atoms with Crippen LogP contribution in [0.5, 0.6) is 0 Å². The van der Waals surface area contributed by atoms with E-state index in [1.165, 1.54) is 6.07 Å². The third kappa shape index (κ3) is 2.19. The number of hydrogen-bond donors (Lipinski definition) is 1. The monoisotopic (exact) mass is 306 g/mol. The number of sulfonamides is 1. The quantitative estimate of drug-likeness (QED) is 0.880. The fourth-order valence-electron chi connectivity index (χ4n) is 2.01. The summed E-state index contributed by atoms with van der Waals surface area (Å²) in [6.07, 6.45) is 0. The van der Waals surface area contributed by atoms with Crippen molar-refractivity contribution in [2.45, 2.75) is 11.8 Å². The molecule has 1 aliphatic heterocycles. The highest BCUT2D eigenvalue weighted by molar-refractivity contribution is 7.90. The predicted molar refractivity (Wildman–Crippen MR) is 80.0 cm³/mol. The average Bonchev–Trinajstić information content (AvgIpc) is 2.41. The number of hydrogen-bond acceptors (Lipinski definition) is 3. The predicted octanol–water partition coefficient (Wildman–Crippen LogP) is 3.21. The van der Waals surface area contributed by atoms with E-state index in [2.05, 4.69) is 9.71 Å². The fraction of sp³-hybridized carbons (Fsp3) is 0.0714. The molecule has 0 unspecified atom stereocenters. The maximum Gasteiger partial charge on any atom is 0.286 e. The lowest BCUT2D eigenvalue weighted by molar-refractivity contribution is 0.597. The molecule has 0 aliphatic carbocycles. The van der Waals surface area contributed by atoms with E-state index < -0.39 is 10.0 Å². The number of aryl methyl sites for hydroxylation is 1. The number of halogens is 1. The average molecular weight is 307 g/mol. The lowest BCUT2D eigenvalue weighted by atomic mass is 10.2. The molecule has 0 atom stereocenters. The zero-order valence-electron chi connectivity index (χ0n) is 10.6. The molecule has 0 radical (unpaired) electrons. The van der Waals surface area contributed by atoms with E-state index in [9.17, 15) is 8.42 Å². The van der Waals surface area contributed by atoms with Gasteiger partial charge in [0.25, 0.3) is 10.0 Å². The van der Waals surface area contributed by atoms with E-state index in [1.807, 2.05) is 18.2 Å². The Labute approximate surface area is 122 Å². The number of fused-ring (bicyclic) bond motifs is 1. The van der Waals surface area contributed by atoms with Crippen molar-refractivity contribution in [2.75, 3.05) is 5.32 Å². The summed E-state index contributed by atoms with van der Waals surface area (Å²) in [7, 11) is -3.71. The SMILES string of the molecule is Cc1cc2c(cc1Cl)NC(c1ccccc1)=NS2(=O)=O. The Morgan fingerprint density at radius 3 is 2.55 bits per heavy atom. The van der Waals surface area contributed by atoms with Crippen molar-refractivity contribution < 1.29 is 8.42 Å². The first kappa shape index (κ1) is 13.1. The van der Waals surface area contributed by atoms with Gasteiger partial charge in [-0.05, 0) is 24.6 Å². The molecule has 0 bridgehead atoms. The molecule has 20 heavy (non-hydrogen) atoms. The van der Waals surface area contributed by atoms with Crippen LogP contribution in [0.4, 0.5) is 5.69 Å². The number of nitrogens with one attached hydrogen (secondary N) is 1. The van der Waals surface area contributed by atoms with E-state index in [4.69, 9.17) is 11.6 Å². The molecule has 1 heterocycles. The molecule has 6 heteroatoms. The Hall–Kier alpha value is -1.85. The largest absolute Gasteiger partial charge is 0.338 e. The first-order valence-corrected chi connectivity index (χ1v) is 7.77. The highest BCUT2D eigenvalue weighted by atomic mass is 35.5. The van der Waals surface area contributed by atoms with Gasteiger partial charge in [0.1, 0.15) is 4.90 Å². The van der Waals surface area contributed by atoms with Gasteiger partial charge >= 0.3 is 0 Å². The standard InChI is InChI=1S/C14H11ClN2O2S/c1-9-7-13-12(8-11(9)15)16-14(17-20(13,18)19)10-5-3-2-4-6-10/h2-8H,1H3,(H,16,17). The number of rotatable bonds is 1. The van der Waals surface area contributed by atoms with Gasteiger partial charge in [-0.15, -0.1) is 4.40 Å². The van der Waals surface area contributed by atoms with Gasteiger partial charge in [0.15, 0.2) is 5.84 Å². The minimum atomic E-state index is -3.71. The van der Waals surface area contributed by atoms with Gasteiger partial charge in [-0.3, -0.25) is 0 Å². The zero-order chi connectivity index (χ0) is 14.3. The Bertz CT molecular complexity index is 815. The molecular formula is C14H11ClN2O2S. The maximum atomic E-state index is 12.2. The Morgan fingerprint density at radius 2 is 1.85 bits per heavy atom. The summed E-state index contributed by atoms with van der Waals surface area (Å²) in [4.78, 5) is 0.152. The highest BCUT2D eigenvalue weighted by Crippen LogP contribution is 2.33. The summed E-state index contributed by atoms with van der Waals surface area (Å²) >= 11 is 6.06. The first-order chi connectivity index (χ1) is 9.47. The molecule has 0 amide bonds. The number of benzene rings is 2. The highest BCUT2D eigenvalue weighted by Gasteiger charge is 2.26. The minimum Gasteiger partial charge on any atom is -0.338 e. The van der Waals surface area contributed by atoms with E-state index in [0.29, 0.717) is 27.7 Å². The van der Waals surface area contributed by atoms with Crippen molar-refractivity contribution in [3.63, 3.8) is 0 Å².